The maximum atomic E-state index is 13.4. The number of benzene rings is 1. The van der Waals surface area contributed by atoms with Crippen molar-refractivity contribution >= 4 is 26.0 Å². The van der Waals surface area contributed by atoms with E-state index in [1.165, 1.54) is 15.0 Å². The molecule has 1 unspecified atom stereocenters. The lowest BCUT2D eigenvalue weighted by molar-refractivity contribution is -0.192. The van der Waals surface area contributed by atoms with Gasteiger partial charge in [-0.05, 0) is 45.4 Å². The first-order valence-corrected chi connectivity index (χ1v) is 15.5. The molecular weight excluding hydrogens is 549 g/mol. The quantitative estimate of drug-likeness (QED) is 0.448. The fourth-order valence-corrected chi connectivity index (χ4v) is 7.21. The number of carboxylic acid groups (broad SMARTS) is 1. The molecule has 1 aromatic carbocycles. The number of piperidine rings is 1. The van der Waals surface area contributed by atoms with E-state index in [9.17, 15) is 30.0 Å². The zero-order chi connectivity index (χ0) is 28.6. The van der Waals surface area contributed by atoms with Crippen molar-refractivity contribution in [2.24, 2.45) is 0 Å². The lowest BCUT2D eigenvalue weighted by atomic mass is 10.0. The molecule has 10 nitrogen and oxygen atoms in total. The average molecular weight is 587 g/mol. The lowest BCUT2D eigenvalue weighted by Crippen LogP contribution is -2.49. The van der Waals surface area contributed by atoms with E-state index in [2.05, 4.69) is 17.1 Å². The van der Waals surface area contributed by atoms with E-state index in [4.69, 9.17) is 9.90 Å². The molecule has 2 fully saturated rings. The van der Waals surface area contributed by atoms with Gasteiger partial charge in [0.05, 0.1) is 10.6 Å². The SMILES string of the molecule is Cc1ccc(S(=O)(=O)N(CCN2CCCCC2C)CCS(=O)(=O)N2CCNCC2)cc1.O=C(O)C(F)(F)F. The van der Waals surface area contributed by atoms with Crippen LogP contribution in [-0.2, 0) is 24.8 Å². The molecule has 218 valence electrons. The van der Waals surface area contributed by atoms with E-state index in [1.807, 2.05) is 6.92 Å². The molecule has 2 heterocycles. The Labute approximate surface area is 222 Å². The van der Waals surface area contributed by atoms with Gasteiger partial charge in [-0.25, -0.2) is 21.6 Å². The van der Waals surface area contributed by atoms with Gasteiger partial charge in [-0.2, -0.15) is 21.8 Å². The topological polar surface area (TPSA) is 127 Å². The number of carboxylic acids is 1. The first-order chi connectivity index (χ1) is 17.6. The van der Waals surface area contributed by atoms with Gasteiger partial charge in [-0.3, -0.25) is 4.90 Å². The fraction of sp³-hybridized carbons (Fsp3) is 0.696. The molecule has 38 heavy (non-hydrogen) atoms. The number of nitrogens with zero attached hydrogens (tertiary/aromatic N) is 3. The molecular formula is C23H37F3N4O6S2. The summed E-state index contributed by atoms with van der Waals surface area (Å²) in [5.74, 6) is -2.96. The molecule has 1 aromatic rings. The Bertz CT molecular complexity index is 1110. The molecule has 0 amide bonds. The molecule has 2 N–H and O–H groups in total. The molecule has 2 aliphatic heterocycles. The van der Waals surface area contributed by atoms with Gasteiger partial charge < -0.3 is 10.4 Å². The molecule has 1 atom stereocenters. The van der Waals surface area contributed by atoms with Crippen LogP contribution < -0.4 is 5.32 Å². The van der Waals surface area contributed by atoms with Gasteiger partial charge >= 0.3 is 12.1 Å². The Morgan fingerprint density at radius 2 is 1.63 bits per heavy atom. The van der Waals surface area contributed by atoms with E-state index in [1.54, 1.807) is 24.3 Å². The second-order valence-corrected chi connectivity index (χ2v) is 13.4. The summed E-state index contributed by atoms with van der Waals surface area (Å²) in [5, 5.41) is 10.3. The standard InChI is InChI=1S/C21H36N4O4S2.C2HF3O2/c1-19-6-8-21(9-7-19)31(28,29)25(16-15-23-12-4-3-5-20(23)2)17-18-30(26,27)24-13-10-22-11-14-24;3-2(4,5)1(6)7/h6-9,20,22H,3-5,10-18H2,1-2H3;(H,6,7). The molecule has 0 aliphatic carbocycles. The Morgan fingerprint density at radius 1 is 1.05 bits per heavy atom. The third-order valence-electron chi connectivity index (χ3n) is 6.55. The average Bonchev–Trinajstić information content (AvgIpc) is 2.85. The number of aryl methyl sites for hydroxylation is 1. The molecule has 2 aliphatic rings. The number of halogens is 3. The molecule has 0 spiro atoms. The zero-order valence-corrected chi connectivity index (χ0v) is 23.3. The summed E-state index contributed by atoms with van der Waals surface area (Å²) in [7, 11) is -7.29. The number of hydrogen-bond acceptors (Lipinski definition) is 7. The van der Waals surface area contributed by atoms with Gasteiger partial charge in [0.2, 0.25) is 20.0 Å². The van der Waals surface area contributed by atoms with Crippen molar-refractivity contribution in [2.45, 2.75) is 50.2 Å². The number of likely N-dealkylation sites (tertiary alicyclic amines) is 1. The molecule has 15 heteroatoms. The smallest absolute Gasteiger partial charge is 0.475 e. The summed E-state index contributed by atoms with van der Waals surface area (Å²) >= 11 is 0. The maximum Gasteiger partial charge on any atom is 0.490 e. The molecule has 0 saturated carbocycles. The summed E-state index contributed by atoms with van der Waals surface area (Å²) < 4.78 is 87.0. The largest absolute Gasteiger partial charge is 0.490 e. The van der Waals surface area contributed by atoms with Crippen LogP contribution in [0, 0.1) is 6.92 Å². The molecule has 0 aromatic heterocycles. The summed E-state index contributed by atoms with van der Waals surface area (Å²) in [6.07, 6.45) is -1.65. The van der Waals surface area contributed by atoms with Gasteiger partial charge in [0.1, 0.15) is 0 Å². The number of sulfonamides is 2. The second-order valence-electron chi connectivity index (χ2n) is 9.37. The molecule has 3 rings (SSSR count). The van der Waals surface area contributed by atoms with Crippen molar-refractivity contribution in [3.05, 3.63) is 29.8 Å². The van der Waals surface area contributed by atoms with Gasteiger partial charge in [0.25, 0.3) is 0 Å². The third kappa shape index (κ3) is 9.75. The predicted molar refractivity (Wildman–Crippen MR) is 137 cm³/mol. The zero-order valence-electron chi connectivity index (χ0n) is 21.7. The minimum Gasteiger partial charge on any atom is -0.475 e. The lowest BCUT2D eigenvalue weighted by Gasteiger charge is -2.35. The Hall–Kier alpha value is -1.78. The van der Waals surface area contributed by atoms with Crippen LogP contribution in [0.15, 0.2) is 29.2 Å². The normalized spacial score (nSPS) is 20.1. The summed E-state index contributed by atoms with van der Waals surface area (Å²) in [6.45, 7) is 8.01. The van der Waals surface area contributed by atoms with Gasteiger partial charge in [-0.1, -0.05) is 24.1 Å². The van der Waals surface area contributed by atoms with Crippen molar-refractivity contribution in [3.8, 4) is 0 Å². The molecule has 2 saturated heterocycles. The van der Waals surface area contributed by atoms with Crippen LogP contribution >= 0.6 is 0 Å². The fourth-order valence-electron chi connectivity index (χ4n) is 4.21. The van der Waals surface area contributed by atoms with E-state index in [0.717, 1.165) is 24.9 Å². The summed E-state index contributed by atoms with van der Waals surface area (Å²) in [6, 6.07) is 7.17. The van der Waals surface area contributed by atoms with E-state index < -0.39 is 32.2 Å². The Kier molecular flexibility index (Phi) is 12.0. The number of carbonyl (C=O) groups is 1. The number of aliphatic carboxylic acids is 1. The number of nitrogens with one attached hydrogen (secondary N) is 1. The van der Waals surface area contributed by atoms with Crippen LogP contribution in [-0.4, -0.2) is 112 Å². The monoisotopic (exact) mass is 586 g/mol. The van der Waals surface area contributed by atoms with Crippen molar-refractivity contribution in [2.75, 3.05) is 58.1 Å². The van der Waals surface area contributed by atoms with Crippen molar-refractivity contribution < 1.29 is 39.9 Å². The van der Waals surface area contributed by atoms with Crippen molar-refractivity contribution in [1.82, 2.24) is 18.8 Å². The van der Waals surface area contributed by atoms with Crippen LogP contribution in [0.5, 0.6) is 0 Å². The minimum atomic E-state index is -5.08. The van der Waals surface area contributed by atoms with E-state index in [0.29, 0.717) is 38.8 Å². The number of alkyl halides is 3. The summed E-state index contributed by atoms with van der Waals surface area (Å²) in [4.78, 5) is 11.4. The van der Waals surface area contributed by atoms with Crippen molar-refractivity contribution in [3.63, 3.8) is 0 Å². The van der Waals surface area contributed by atoms with Crippen LogP contribution in [0.1, 0.15) is 31.7 Å². The predicted octanol–water partition coefficient (Wildman–Crippen LogP) is 1.73. The highest BCUT2D eigenvalue weighted by atomic mass is 32.2. The van der Waals surface area contributed by atoms with Crippen LogP contribution in [0.3, 0.4) is 0 Å². The number of hydrogen-bond donors (Lipinski definition) is 2. The second kappa shape index (κ2) is 14.0. The van der Waals surface area contributed by atoms with Crippen LogP contribution in [0.25, 0.3) is 0 Å². The Balaban J connectivity index is 0.000000638. The van der Waals surface area contributed by atoms with Gasteiger partial charge in [-0.15, -0.1) is 0 Å². The van der Waals surface area contributed by atoms with Crippen LogP contribution in [0.4, 0.5) is 13.2 Å². The first kappa shape index (κ1) is 32.4. The molecule has 0 radical (unpaired) electrons. The highest BCUT2D eigenvalue weighted by Crippen LogP contribution is 2.20. The highest BCUT2D eigenvalue weighted by molar-refractivity contribution is 7.90. The Morgan fingerprint density at radius 3 is 2.16 bits per heavy atom. The molecule has 0 bridgehead atoms. The minimum absolute atomic E-state index is 0.0370. The van der Waals surface area contributed by atoms with Gasteiger partial charge in [0, 0.05) is 51.9 Å². The first-order valence-electron chi connectivity index (χ1n) is 12.4. The number of piperazine rings is 1. The third-order valence-corrected chi connectivity index (χ3v) is 10.3. The maximum absolute atomic E-state index is 13.4. The number of rotatable bonds is 9. The van der Waals surface area contributed by atoms with Crippen molar-refractivity contribution in [1.29, 1.82) is 0 Å². The van der Waals surface area contributed by atoms with Crippen LogP contribution in [0.2, 0.25) is 0 Å². The highest BCUT2D eigenvalue weighted by Gasteiger charge is 2.38. The van der Waals surface area contributed by atoms with E-state index >= 15 is 0 Å². The summed E-state index contributed by atoms with van der Waals surface area (Å²) in [5.41, 5.74) is 0.980. The van der Waals surface area contributed by atoms with E-state index in [-0.39, 0.29) is 23.7 Å². The van der Waals surface area contributed by atoms with Gasteiger partial charge in [0.15, 0.2) is 0 Å².